The van der Waals surface area contributed by atoms with Crippen LogP contribution in [0.2, 0.25) is 5.02 Å². The van der Waals surface area contributed by atoms with Crippen molar-refractivity contribution in [2.75, 3.05) is 37.5 Å². The highest BCUT2D eigenvalue weighted by molar-refractivity contribution is 6.33. The molecule has 29 heavy (non-hydrogen) atoms. The van der Waals surface area contributed by atoms with E-state index in [2.05, 4.69) is 20.4 Å². The smallest absolute Gasteiger partial charge is 0.231 e. The Labute approximate surface area is 173 Å². The lowest BCUT2D eigenvalue weighted by Gasteiger charge is -2.32. The van der Waals surface area contributed by atoms with Gasteiger partial charge in [-0.3, -0.25) is 9.20 Å². The summed E-state index contributed by atoms with van der Waals surface area (Å²) < 4.78 is 12.4. The molecular weight excluding hydrogens is 394 g/mol. The molecule has 3 heterocycles. The van der Waals surface area contributed by atoms with Crippen molar-refractivity contribution < 1.29 is 14.3 Å². The number of amides is 1. The number of nitrogens with one attached hydrogen (secondary N) is 1. The summed E-state index contributed by atoms with van der Waals surface area (Å²) in [5.74, 6) is 1.72. The Morgan fingerprint density at radius 2 is 1.97 bits per heavy atom. The number of nitrogens with zero attached hydrogens (tertiary/aromatic N) is 4. The molecule has 1 fully saturated rings. The SMILES string of the molecule is COc1cc(NC(=O)[C@@H]2CCCN(c3nnc4c(Cl)cccn34)C2)cc(OC)c1. The maximum atomic E-state index is 12.9. The highest BCUT2D eigenvalue weighted by Crippen LogP contribution is 2.28. The number of anilines is 2. The summed E-state index contributed by atoms with van der Waals surface area (Å²) >= 11 is 6.20. The molecule has 1 saturated heterocycles. The van der Waals surface area contributed by atoms with E-state index in [0.29, 0.717) is 40.3 Å². The zero-order chi connectivity index (χ0) is 20.4. The van der Waals surface area contributed by atoms with Crippen molar-refractivity contribution in [3.8, 4) is 11.5 Å². The number of hydrogen-bond donors (Lipinski definition) is 1. The lowest BCUT2D eigenvalue weighted by molar-refractivity contribution is -0.120. The average Bonchev–Trinajstić information content (AvgIpc) is 3.19. The van der Waals surface area contributed by atoms with E-state index in [1.54, 1.807) is 38.5 Å². The van der Waals surface area contributed by atoms with Crippen molar-refractivity contribution >= 4 is 34.8 Å². The number of fused-ring (bicyclic) bond motifs is 1. The lowest BCUT2D eigenvalue weighted by atomic mass is 9.97. The number of piperidine rings is 1. The summed E-state index contributed by atoms with van der Waals surface area (Å²) in [6, 6.07) is 8.94. The number of aromatic nitrogens is 3. The van der Waals surface area contributed by atoms with Crippen LogP contribution in [0.5, 0.6) is 11.5 Å². The fourth-order valence-corrected chi connectivity index (χ4v) is 3.79. The van der Waals surface area contributed by atoms with Crippen LogP contribution in [-0.2, 0) is 4.79 Å². The van der Waals surface area contributed by atoms with E-state index < -0.39 is 0 Å². The summed E-state index contributed by atoms with van der Waals surface area (Å²) in [6.45, 7) is 1.37. The van der Waals surface area contributed by atoms with Crippen LogP contribution in [0.1, 0.15) is 12.8 Å². The van der Waals surface area contributed by atoms with Crippen molar-refractivity contribution in [2.24, 2.45) is 5.92 Å². The third-order valence-corrected chi connectivity index (χ3v) is 5.36. The minimum absolute atomic E-state index is 0.0446. The zero-order valence-electron chi connectivity index (χ0n) is 16.3. The quantitative estimate of drug-likeness (QED) is 0.688. The number of carbonyl (C=O) groups is 1. The second-order valence-corrected chi connectivity index (χ2v) is 7.33. The summed E-state index contributed by atoms with van der Waals surface area (Å²) in [4.78, 5) is 15.0. The number of rotatable bonds is 5. The van der Waals surface area contributed by atoms with Crippen LogP contribution in [0.3, 0.4) is 0 Å². The molecule has 0 bridgehead atoms. The minimum atomic E-state index is -0.174. The lowest BCUT2D eigenvalue weighted by Crippen LogP contribution is -2.41. The predicted octanol–water partition coefficient (Wildman–Crippen LogP) is 3.26. The van der Waals surface area contributed by atoms with Gasteiger partial charge in [0.1, 0.15) is 11.5 Å². The van der Waals surface area contributed by atoms with E-state index in [0.717, 1.165) is 19.4 Å². The van der Waals surface area contributed by atoms with Gasteiger partial charge in [-0.25, -0.2) is 0 Å². The van der Waals surface area contributed by atoms with E-state index in [4.69, 9.17) is 21.1 Å². The van der Waals surface area contributed by atoms with Crippen molar-refractivity contribution in [1.82, 2.24) is 14.6 Å². The van der Waals surface area contributed by atoms with Crippen LogP contribution in [0, 0.1) is 5.92 Å². The maximum Gasteiger partial charge on any atom is 0.231 e. The summed E-state index contributed by atoms with van der Waals surface area (Å²) in [5.41, 5.74) is 1.25. The molecule has 2 aromatic heterocycles. The van der Waals surface area contributed by atoms with E-state index in [1.165, 1.54) is 0 Å². The molecule has 0 aliphatic carbocycles. The van der Waals surface area contributed by atoms with E-state index in [1.807, 2.05) is 16.7 Å². The highest BCUT2D eigenvalue weighted by atomic mass is 35.5. The van der Waals surface area contributed by atoms with E-state index >= 15 is 0 Å². The molecule has 0 radical (unpaired) electrons. The molecule has 0 saturated carbocycles. The standard InChI is InChI=1S/C20H22ClN5O3/c1-28-15-9-14(10-16(11-15)29-2)22-19(27)13-5-3-7-25(12-13)20-24-23-18-17(21)6-4-8-26(18)20/h4,6,8-11,13H,3,5,7,12H2,1-2H3,(H,22,27)/t13-/m1/s1. The van der Waals surface area contributed by atoms with Crippen LogP contribution in [-0.4, -0.2) is 47.8 Å². The zero-order valence-corrected chi connectivity index (χ0v) is 17.0. The molecule has 0 unspecified atom stereocenters. The van der Waals surface area contributed by atoms with Gasteiger partial charge in [0, 0.05) is 43.2 Å². The molecule has 1 amide bonds. The molecule has 152 valence electrons. The molecule has 3 aromatic rings. The predicted molar refractivity (Wildman–Crippen MR) is 111 cm³/mol. The molecule has 1 aliphatic heterocycles. The van der Waals surface area contributed by atoms with E-state index in [9.17, 15) is 4.79 Å². The normalized spacial score (nSPS) is 16.7. The Balaban J connectivity index is 1.51. The van der Waals surface area contributed by atoms with Gasteiger partial charge in [0.2, 0.25) is 11.9 Å². The van der Waals surface area contributed by atoms with Crippen LogP contribution in [0.4, 0.5) is 11.6 Å². The number of halogens is 1. The van der Waals surface area contributed by atoms with Crippen LogP contribution < -0.4 is 19.7 Å². The number of pyridine rings is 1. The van der Waals surface area contributed by atoms with Crippen molar-refractivity contribution in [3.05, 3.63) is 41.6 Å². The average molecular weight is 416 g/mol. The van der Waals surface area contributed by atoms with Gasteiger partial charge in [-0.05, 0) is 25.0 Å². The molecule has 1 N–H and O–H groups in total. The first-order valence-corrected chi connectivity index (χ1v) is 9.75. The Bertz CT molecular complexity index is 1020. The monoisotopic (exact) mass is 415 g/mol. The highest BCUT2D eigenvalue weighted by Gasteiger charge is 2.28. The third-order valence-electron chi connectivity index (χ3n) is 5.06. The number of ether oxygens (including phenoxy) is 2. The topological polar surface area (TPSA) is 81.0 Å². The van der Waals surface area contributed by atoms with Crippen molar-refractivity contribution in [3.63, 3.8) is 0 Å². The number of hydrogen-bond acceptors (Lipinski definition) is 6. The number of benzene rings is 1. The number of methoxy groups -OCH3 is 2. The van der Waals surface area contributed by atoms with Gasteiger partial charge < -0.3 is 19.7 Å². The van der Waals surface area contributed by atoms with Gasteiger partial charge in [-0.2, -0.15) is 0 Å². The van der Waals surface area contributed by atoms with Crippen molar-refractivity contribution in [1.29, 1.82) is 0 Å². The summed E-state index contributed by atoms with van der Waals surface area (Å²) in [7, 11) is 3.16. The van der Waals surface area contributed by atoms with Gasteiger partial charge >= 0.3 is 0 Å². The first kappa shape index (κ1) is 19.3. The Kier molecular flexibility index (Phi) is 5.44. The molecule has 9 heteroatoms. The molecular formula is C20H22ClN5O3. The van der Waals surface area contributed by atoms with Gasteiger partial charge in [0.05, 0.1) is 25.2 Å². The molecule has 1 aromatic carbocycles. The van der Waals surface area contributed by atoms with Crippen LogP contribution in [0.15, 0.2) is 36.5 Å². The Morgan fingerprint density at radius 1 is 1.21 bits per heavy atom. The van der Waals surface area contributed by atoms with Gasteiger partial charge in [0.15, 0.2) is 5.65 Å². The molecule has 1 aliphatic rings. The van der Waals surface area contributed by atoms with Crippen LogP contribution >= 0.6 is 11.6 Å². The summed E-state index contributed by atoms with van der Waals surface area (Å²) in [6.07, 6.45) is 3.57. The summed E-state index contributed by atoms with van der Waals surface area (Å²) in [5, 5.41) is 12.0. The largest absolute Gasteiger partial charge is 0.497 e. The number of carbonyl (C=O) groups excluding carboxylic acids is 1. The van der Waals surface area contributed by atoms with Gasteiger partial charge in [-0.15, -0.1) is 10.2 Å². The molecule has 1 atom stereocenters. The molecule has 0 spiro atoms. The second kappa shape index (κ2) is 8.16. The Hall–Kier alpha value is -3.00. The molecule has 8 nitrogen and oxygen atoms in total. The van der Waals surface area contributed by atoms with Crippen molar-refractivity contribution in [2.45, 2.75) is 12.8 Å². The maximum absolute atomic E-state index is 12.9. The minimum Gasteiger partial charge on any atom is -0.497 e. The second-order valence-electron chi connectivity index (χ2n) is 6.93. The van der Waals surface area contributed by atoms with E-state index in [-0.39, 0.29) is 11.8 Å². The Morgan fingerprint density at radius 3 is 2.69 bits per heavy atom. The van der Waals surface area contributed by atoms with Crippen LogP contribution in [0.25, 0.3) is 5.65 Å². The van der Waals surface area contributed by atoms with Gasteiger partial charge in [0.25, 0.3) is 0 Å². The fraction of sp³-hybridized carbons (Fsp3) is 0.350. The first-order valence-electron chi connectivity index (χ1n) is 9.37. The molecule has 4 rings (SSSR count). The fourth-order valence-electron chi connectivity index (χ4n) is 3.58. The van der Waals surface area contributed by atoms with Gasteiger partial charge in [-0.1, -0.05) is 11.6 Å². The third kappa shape index (κ3) is 3.93. The first-order chi connectivity index (χ1) is 14.1.